The van der Waals surface area contributed by atoms with Gasteiger partial charge in [-0.05, 0) is 74.3 Å². The maximum Gasteiger partial charge on any atom is 0.190 e. The van der Waals surface area contributed by atoms with Crippen LogP contribution in [-0.4, -0.2) is 42.2 Å². The Morgan fingerprint density at radius 2 is 1.44 bits per heavy atom. The van der Waals surface area contributed by atoms with Crippen molar-refractivity contribution in [2.45, 2.75) is 65.2 Å². The molecule has 0 aliphatic heterocycles. The van der Waals surface area contributed by atoms with Crippen molar-refractivity contribution in [2.24, 2.45) is 0 Å². The van der Waals surface area contributed by atoms with E-state index < -0.39 is 0 Å². The molecule has 3 rings (SSSR count). The highest BCUT2D eigenvalue weighted by Crippen LogP contribution is 2.45. The van der Waals surface area contributed by atoms with Gasteiger partial charge in [0.15, 0.2) is 5.12 Å². The Balaban J connectivity index is 0.00000121. The van der Waals surface area contributed by atoms with Crippen molar-refractivity contribution < 1.29 is 4.79 Å². The molecule has 0 heterocycles. The molecule has 0 saturated carbocycles. The van der Waals surface area contributed by atoms with Crippen LogP contribution in [0.15, 0.2) is 48.5 Å². The third kappa shape index (κ3) is 7.67. The minimum atomic E-state index is -0.251. The Morgan fingerprint density at radius 3 is 1.91 bits per heavy atom. The predicted molar refractivity (Wildman–Crippen MR) is 147 cm³/mol. The zero-order chi connectivity index (χ0) is 24.0. The fraction of sp³-hybridized carbons (Fsp3) is 0.536. The Labute approximate surface area is 207 Å². The van der Waals surface area contributed by atoms with Gasteiger partial charge in [0.25, 0.3) is 0 Å². The molecule has 1 aliphatic carbocycles. The van der Waals surface area contributed by atoms with Gasteiger partial charge in [0, 0.05) is 17.6 Å². The minimum absolute atomic E-state index is 0.251. The molecule has 0 spiro atoms. The third-order valence-electron chi connectivity index (χ3n) is 5.73. The molecule has 32 heavy (non-hydrogen) atoms. The second-order valence-electron chi connectivity index (χ2n) is 7.92. The highest BCUT2D eigenvalue weighted by atomic mass is 32.2. The van der Waals surface area contributed by atoms with Gasteiger partial charge in [-0.3, -0.25) is 4.79 Å². The van der Waals surface area contributed by atoms with E-state index in [2.05, 4.69) is 80.2 Å². The van der Waals surface area contributed by atoms with Crippen LogP contribution in [0.1, 0.15) is 69.2 Å². The lowest BCUT2D eigenvalue weighted by Crippen LogP contribution is -2.35. The van der Waals surface area contributed by atoms with Crippen LogP contribution in [0.4, 0.5) is 0 Å². The van der Waals surface area contributed by atoms with Crippen molar-refractivity contribution in [1.82, 2.24) is 4.90 Å². The smallest absolute Gasteiger partial charge is 0.190 e. The predicted octanol–water partition coefficient (Wildman–Crippen LogP) is 7.05. The number of carbonyl (C=O) groups excluding carboxylic acids is 1. The lowest BCUT2D eigenvalue weighted by atomic mass is 9.68. The van der Waals surface area contributed by atoms with E-state index in [0.717, 1.165) is 43.7 Å². The summed E-state index contributed by atoms with van der Waals surface area (Å²) in [5, 5.41) is 0.298. The fourth-order valence-electron chi connectivity index (χ4n) is 4.34. The van der Waals surface area contributed by atoms with E-state index in [1.807, 2.05) is 27.7 Å². The largest absolute Gasteiger partial charge is 0.309 e. The molecule has 0 aromatic heterocycles. The number of fused-ring (bicyclic) bond motifs is 2. The van der Waals surface area contributed by atoms with Crippen LogP contribution in [0.2, 0.25) is 0 Å². The number of thioether (sulfide) groups is 1. The third-order valence-corrected chi connectivity index (χ3v) is 7.00. The van der Waals surface area contributed by atoms with Crippen LogP contribution >= 0.6 is 24.4 Å². The van der Waals surface area contributed by atoms with E-state index in [4.69, 9.17) is 0 Å². The molecule has 0 bridgehead atoms. The zero-order valence-corrected chi connectivity index (χ0v) is 22.7. The summed E-state index contributed by atoms with van der Waals surface area (Å²) >= 11 is 5.77. The summed E-state index contributed by atoms with van der Waals surface area (Å²) in [6.45, 7) is 8.96. The summed E-state index contributed by atoms with van der Waals surface area (Å²) in [6.07, 6.45) is 4.56. The van der Waals surface area contributed by atoms with Gasteiger partial charge >= 0.3 is 0 Å². The summed E-state index contributed by atoms with van der Waals surface area (Å²) in [4.78, 5) is 15.3. The first-order valence-corrected chi connectivity index (χ1v) is 13.8. The average Bonchev–Trinajstić information content (AvgIpc) is 2.96. The molecule has 178 valence electrons. The Kier molecular flexibility index (Phi) is 14.0. The highest BCUT2D eigenvalue weighted by Gasteiger charge is 2.40. The number of hydrogen-bond acceptors (Lipinski definition) is 4. The van der Waals surface area contributed by atoms with Gasteiger partial charge < -0.3 is 4.90 Å². The van der Waals surface area contributed by atoms with Crippen molar-refractivity contribution >= 4 is 29.5 Å². The number of benzene rings is 2. The highest BCUT2D eigenvalue weighted by molar-refractivity contribution is 8.13. The summed E-state index contributed by atoms with van der Waals surface area (Å²) < 4.78 is 0. The number of hydrogen-bond donors (Lipinski definition) is 1. The van der Waals surface area contributed by atoms with Gasteiger partial charge in [-0.1, -0.05) is 88.0 Å². The lowest BCUT2D eigenvalue weighted by molar-refractivity contribution is -0.111. The molecule has 0 radical (unpaired) electrons. The molecule has 0 N–H and O–H groups in total. The second-order valence-corrected chi connectivity index (χ2v) is 9.52. The van der Waals surface area contributed by atoms with Crippen molar-refractivity contribution in [2.75, 3.05) is 32.1 Å². The van der Waals surface area contributed by atoms with Gasteiger partial charge in [0.2, 0.25) is 0 Å². The SMILES string of the molecule is CC.CC.CN(C)CCC1(CC(=O)SCCCS)c2ccccc2CCc2ccccc21. The van der Waals surface area contributed by atoms with Crippen LogP contribution in [-0.2, 0) is 23.1 Å². The second kappa shape index (κ2) is 15.6. The van der Waals surface area contributed by atoms with Gasteiger partial charge in [-0.15, -0.1) is 0 Å². The van der Waals surface area contributed by atoms with Crippen LogP contribution in [0.25, 0.3) is 0 Å². The number of thiol groups is 1. The molecular weight excluding hydrogens is 430 g/mol. The van der Waals surface area contributed by atoms with Gasteiger partial charge in [0.05, 0.1) is 0 Å². The van der Waals surface area contributed by atoms with Crippen LogP contribution in [0, 0.1) is 0 Å². The quantitative estimate of drug-likeness (QED) is 0.328. The molecule has 0 fully saturated rings. The molecule has 0 unspecified atom stereocenters. The van der Waals surface area contributed by atoms with E-state index in [-0.39, 0.29) is 5.41 Å². The normalized spacial score (nSPS) is 13.5. The monoisotopic (exact) mass is 473 g/mol. The van der Waals surface area contributed by atoms with E-state index >= 15 is 0 Å². The fourth-order valence-corrected chi connectivity index (χ4v) is 5.57. The van der Waals surface area contributed by atoms with E-state index in [1.54, 1.807) is 0 Å². The number of aryl methyl sites for hydroxylation is 2. The topological polar surface area (TPSA) is 20.3 Å². The standard InChI is InChI=1S/C24H31NOS2.2C2H6/c1-25(2)15-14-24(18-23(26)28-17-7-16-27)21-10-5-3-8-19(21)12-13-20-9-4-6-11-22(20)24;2*1-2/h3-6,8-11,27H,7,12-18H2,1-2H3;2*1-2H3. The van der Waals surface area contributed by atoms with Crippen molar-refractivity contribution in [1.29, 1.82) is 0 Å². The lowest BCUT2D eigenvalue weighted by Gasteiger charge is -2.37. The number of rotatable bonds is 8. The molecule has 0 amide bonds. The molecule has 1 aliphatic rings. The van der Waals surface area contributed by atoms with Crippen molar-refractivity contribution in [3.05, 3.63) is 70.8 Å². The Bertz CT molecular complexity index is 756. The van der Waals surface area contributed by atoms with Crippen LogP contribution in [0.3, 0.4) is 0 Å². The van der Waals surface area contributed by atoms with Gasteiger partial charge in [-0.2, -0.15) is 12.6 Å². The average molecular weight is 474 g/mol. The maximum absolute atomic E-state index is 13.1. The first-order chi connectivity index (χ1) is 15.6. The number of nitrogens with zero attached hydrogens (tertiary/aromatic N) is 1. The van der Waals surface area contributed by atoms with Crippen molar-refractivity contribution in [3.8, 4) is 0 Å². The molecule has 2 aromatic rings. The molecule has 4 heteroatoms. The Morgan fingerprint density at radius 1 is 0.938 bits per heavy atom. The van der Waals surface area contributed by atoms with E-state index in [1.165, 1.54) is 34.0 Å². The van der Waals surface area contributed by atoms with Crippen LogP contribution in [0.5, 0.6) is 0 Å². The van der Waals surface area contributed by atoms with Crippen LogP contribution < -0.4 is 0 Å². The summed E-state index contributed by atoms with van der Waals surface area (Å²) in [6, 6.07) is 17.6. The summed E-state index contributed by atoms with van der Waals surface area (Å²) in [7, 11) is 4.23. The zero-order valence-electron chi connectivity index (χ0n) is 21.0. The molecule has 0 saturated heterocycles. The summed E-state index contributed by atoms with van der Waals surface area (Å²) in [5.74, 6) is 1.69. The van der Waals surface area contributed by atoms with E-state index in [9.17, 15) is 4.79 Å². The maximum atomic E-state index is 13.1. The first-order valence-electron chi connectivity index (χ1n) is 12.1. The first kappa shape index (κ1) is 28.8. The van der Waals surface area contributed by atoms with Crippen molar-refractivity contribution in [3.63, 3.8) is 0 Å². The minimum Gasteiger partial charge on any atom is -0.309 e. The van der Waals surface area contributed by atoms with E-state index in [0.29, 0.717) is 11.5 Å². The molecule has 2 nitrogen and oxygen atoms in total. The summed E-state index contributed by atoms with van der Waals surface area (Å²) in [5.41, 5.74) is 5.24. The van der Waals surface area contributed by atoms with Gasteiger partial charge in [-0.25, -0.2) is 0 Å². The van der Waals surface area contributed by atoms with Gasteiger partial charge in [0.1, 0.15) is 0 Å². The molecule has 0 atom stereocenters. The number of carbonyl (C=O) groups is 1. The molecular formula is C28H43NOS2. The molecule has 2 aromatic carbocycles. The Hall–Kier alpha value is -1.23.